The van der Waals surface area contributed by atoms with Gasteiger partial charge in [0, 0.05) is 24.0 Å². The molecule has 1 atom stereocenters. The number of nitrogens with zero attached hydrogens (tertiary/aromatic N) is 3. The molecule has 1 unspecified atom stereocenters. The van der Waals surface area contributed by atoms with E-state index in [0.29, 0.717) is 17.3 Å². The molecule has 0 aromatic carbocycles. The lowest BCUT2D eigenvalue weighted by atomic mass is 10.2. The van der Waals surface area contributed by atoms with Crippen molar-refractivity contribution in [2.24, 2.45) is 0 Å². The fourth-order valence-electron chi connectivity index (χ4n) is 2.66. The van der Waals surface area contributed by atoms with Crippen molar-refractivity contribution in [1.29, 1.82) is 0 Å². The topological polar surface area (TPSA) is 59.2 Å². The molecule has 112 valence electrons. The van der Waals surface area contributed by atoms with Crippen LogP contribution in [0.2, 0.25) is 0 Å². The van der Waals surface area contributed by atoms with Crippen molar-refractivity contribution in [3.63, 3.8) is 0 Å². The molecule has 0 spiro atoms. The molecular weight excluding hydrogens is 286 g/mol. The van der Waals surface area contributed by atoms with Crippen LogP contribution in [0.4, 0.5) is 0 Å². The van der Waals surface area contributed by atoms with E-state index in [1.165, 1.54) is 0 Å². The van der Waals surface area contributed by atoms with Crippen LogP contribution < -0.4 is 0 Å². The highest BCUT2D eigenvalue weighted by Crippen LogP contribution is 2.34. The number of hydrogen-bond donors (Lipinski definition) is 0. The monoisotopic (exact) mass is 305 g/mol. The summed E-state index contributed by atoms with van der Waals surface area (Å²) >= 11 is 1.60. The van der Waals surface area contributed by atoms with Crippen LogP contribution in [0.25, 0.3) is 0 Å². The van der Waals surface area contributed by atoms with E-state index in [1.54, 1.807) is 17.5 Å². The molecular formula is C15H19N3O2S. The molecule has 5 nitrogen and oxygen atoms in total. The van der Waals surface area contributed by atoms with Gasteiger partial charge >= 0.3 is 0 Å². The van der Waals surface area contributed by atoms with Gasteiger partial charge in [0.1, 0.15) is 5.01 Å². The van der Waals surface area contributed by atoms with Crippen molar-refractivity contribution < 1.29 is 9.21 Å². The van der Waals surface area contributed by atoms with Gasteiger partial charge in [-0.25, -0.2) is 9.97 Å². The van der Waals surface area contributed by atoms with Crippen LogP contribution in [0, 0.1) is 6.92 Å². The van der Waals surface area contributed by atoms with Gasteiger partial charge in [0.25, 0.3) is 5.91 Å². The molecule has 6 heteroatoms. The smallest absolute Gasteiger partial charge is 0.292 e. The van der Waals surface area contributed by atoms with E-state index >= 15 is 0 Å². The Hall–Kier alpha value is -1.69. The molecule has 21 heavy (non-hydrogen) atoms. The average molecular weight is 305 g/mol. The lowest BCUT2D eigenvalue weighted by Gasteiger charge is -2.22. The largest absolute Gasteiger partial charge is 0.435 e. The van der Waals surface area contributed by atoms with E-state index < -0.39 is 0 Å². The van der Waals surface area contributed by atoms with Gasteiger partial charge in [-0.2, -0.15) is 0 Å². The first kappa shape index (κ1) is 14.3. The maximum atomic E-state index is 12.8. The Morgan fingerprint density at radius 3 is 2.95 bits per heavy atom. The predicted molar refractivity (Wildman–Crippen MR) is 80.5 cm³/mol. The molecule has 1 aliphatic rings. The van der Waals surface area contributed by atoms with Gasteiger partial charge in [-0.3, -0.25) is 4.79 Å². The van der Waals surface area contributed by atoms with E-state index in [0.717, 1.165) is 24.4 Å². The summed E-state index contributed by atoms with van der Waals surface area (Å²) < 4.78 is 5.70. The summed E-state index contributed by atoms with van der Waals surface area (Å²) in [6, 6.07) is 0.0736. The van der Waals surface area contributed by atoms with Crippen LogP contribution in [-0.2, 0) is 0 Å². The van der Waals surface area contributed by atoms with E-state index in [-0.39, 0.29) is 17.9 Å². The Labute approximate surface area is 128 Å². The second kappa shape index (κ2) is 5.60. The first-order chi connectivity index (χ1) is 10.1. The molecule has 3 rings (SSSR count). The first-order valence-electron chi connectivity index (χ1n) is 7.25. The summed E-state index contributed by atoms with van der Waals surface area (Å²) in [6.07, 6.45) is 3.75. The molecule has 0 bridgehead atoms. The third kappa shape index (κ3) is 2.60. The van der Waals surface area contributed by atoms with Crippen LogP contribution in [-0.4, -0.2) is 27.3 Å². The fraction of sp³-hybridized carbons (Fsp3) is 0.533. The third-order valence-corrected chi connectivity index (χ3v) is 4.63. The number of amides is 1. The number of aromatic nitrogens is 2. The minimum Gasteiger partial charge on any atom is -0.435 e. The Morgan fingerprint density at radius 2 is 2.33 bits per heavy atom. The van der Waals surface area contributed by atoms with E-state index in [4.69, 9.17) is 4.42 Å². The zero-order chi connectivity index (χ0) is 15.0. The quantitative estimate of drug-likeness (QED) is 0.870. The Kier molecular flexibility index (Phi) is 3.80. The summed E-state index contributed by atoms with van der Waals surface area (Å²) in [5, 5.41) is 2.95. The molecule has 0 N–H and O–H groups in total. The molecule has 1 aliphatic heterocycles. The zero-order valence-corrected chi connectivity index (χ0v) is 13.3. The van der Waals surface area contributed by atoms with Crippen molar-refractivity contribution in [2.75, 3.05) is 6.54 Å². The second-order valence-corrected chi connectivity index (χ2v) is 6.57. The highest BCUT2D eigenvalue weighted by atomic mass is 32.1. The Balaban J connectivity index is 1.87. The molecule has 0 radical (unpaired) electrons. The van der Waals surface area contributed by atoms with E-state index in [2.05, 4.69) is 9.97 Å². The van der Waals surface area contributed by atoms with Crippen molar-refractivity contribution in [3.05, 3.63) is 33.9 Å². The SMILES string of the molecule is Cc1nc(C(C)C)oc1C(=O)N1CCCC1c1nccs1. The molecule has 3 heterocycles. The molecule has 2 aromatic rings. The Bertz CT molecular complexity index is 633. The van der Waals surface area contributed by atoms with E-state index in [1.807, 2.05) is 31.1 Å². The number of carbonyl (C=O) groups excluding carboxylic acids is 1. The van der Waals surface area contributed by atoms with Gasteiger partial charge in [-0.15, -0.1) is 11.3 Å². The minimum absolute atomic E-state index is 0.0652. The first-order valence-corrected chi connectivity index (χ1v) is 8.13. The van der Waals surface area contributed by atoms with Crippen molar-refractivity contribution in [2.45, 2.75) is 45.6 Å². The van der Waals surface area contributed by atoms with Crippen LogP contribution in [0.15, 0.2) is 16.0 Å². The van der Waals surface area contributed by atoms with Crippen LogP contribution in [0.5, 0.6) is 0 Å². The van der Waals surface area contributed by atoms with Crippen molar-refractivity contribution >= 4 is 17.2 Å². The van der Waals surface area contributed by atoms with Gasteiger partial charge in [0.2, 0.25) is 5.76 Å². The summed E-state index contributed by atoms with van der Waals surface area (Å²) in [5.41, 5.74) is 0.675. The Morgan fingerprint density at radius 1 is 1.52 bits per heavy atom. The van der Waals surface area contributed by atoms with Gasteiger partial charge in [-0.05, 0) is 19.8 Å². The summed E-state index contributed by atoms with van der Waals surface area (Å²) in [7, 11) is 0. The third-order valence-electron chi connectivity index (χ3n) is 3.75. The molecule has 0 aliphatic carbocycles. The van der Waals surface area contributed by atoms with Crippen molar-refractivity contribution in [3.8, 4) is 0 Å². The number of hydrogen-bond acceptors (Lipinski definition) is 5. The molecule has 1 fully saturated rings. The molecule has 2 aromatic heterocycles. The van der Waals surface area contributed by atoms with Crippen LogP contribution >= 0.6 is 11.3 Å². The van der Waals surface area contributed by atoms with Gasteiger partial charge in [-0.1, -0.05) is 13.8 Å². The number of oxazole rings is 1. The van der Waals surface area contributed by atoms with E-state index in [9.17, 15) is 4.79 Å². The zero-order valence-electron chi connectivity index (χ0n) is 12.5. The fourth-order valence-corrected chi connectivity index (χ4v) is 3.44. The lowest BCUT2D eigenvalue weighted by molar-refractivity contribution is 0.0699. The normalized spacial score (nSPS) is 18.7. The number of aryl methyl sites for hydroxylation is 1. The predicted octanol–water partition coefficient (Wildman–Crippen LogP) is 3.54. The molecule has 1 saturated heterocycles. The number of carbonyl (C=O) groups is 1. The molecule has 1 amide bonds. The average Bonchev–Trinajstić information content (AvgIpc) is 3.17. The standard InChI is InChI=1S/C15H19N3O2S/c1-9(2)13-17-10(3)12(20-13)15(19)18-7-4-5-11(18)14-16-6-8-21-14/h6,8-9,11H,4-5,7H2,1-3H3. The minimum atomic E-state index is -0.0652. The summed E-state index contributed by atoms with van der Waals surface area (Å²) in [6.45, 7) is 6.60. The van der Waals surface area contributed by atoms with Gasteiger partial charge in [0.05, 0.1) is 11.7 Å². The lowest BCUT2D eigenvalue weighted by Crippen LogP contribution is -2.30. The number of thiazole rings is 1. The maximum absolute atomic E-state index is 12.8. The van der Waals surface area contributed by atoms with Crippen LogP contribution in [0.1, 0.15) is 65.8 Å². The molecule has 0 saturated carbocycles. The van der Waals surface area contributed by atoms with Crippen molar-refractivity contribution in [1.82, 2.24) is 14.9 Å². The summed E-state index contributed by atoms with van der Waals surface area (Å²) in [5.74, 6) is 1.12. The summed E-state index contributed by atoms with van der Waals surface area (Å²) in [4.78, 5) is 23.4. The number of rotatable bonds is 3. The second-order valence-electron chi connectivity index (χ2n) is 5.65. The highest BCUT2D eigenvalue weighted by Gasteiger charge is 2.34. The highest BCUT2D eigenvalue weighted by molar-refractivity contribution is 7.09. The van der Waals surface area contributed by atoms with Crippen LogP contribution in [0.3, 0.4) is 0 Å². The maximum Gasteiger partial charge on any atom is 0.292 e. The number of likely N-dealkylation sites (tertiary alicyclic amines) is 1. The van der Waals surface area contributed by atoms with Gasteiger partial charge < -0.3 is 9.32 Å². The van der Waals surface area contributed by atoms with Gasteiger partial charge in [0.15, 0.2) is 5.89 Å².